The second kappa shape index (κ2) is 13.2. The molecule has 1 N–H and O–H groups in total. The summed E-state index contributed by atoms with van der Waals surface area (Å²) in [5.74, 6) is 1.48. The quantitative estimate of drug-likeness (QED) is 0.427. The Morgan fingerprint density at radius 1 is 1.25 bits per heavy atom. The average molecular weight is 252 g/mol. The van der Waals surface area contributed by atoms with Crippen LogP contribution < -0.4 is 5.32 Å². The van der Waals surface area contributed by atoms with Crippen molar-refractivity contribution in [1.82, 2.24) is 5.32 Å². The minimum atomic E-state index is 0.682. The molecule has 0 rings (SSSR count). The molecule has 1 unspecified atom stereocenters. The van der Waals surface area contributed by atoms with Crippen LogP contribution in [0.4, 0.5) is 0 Å². The van der Waals surface area contributed by atoms with E-state index in [0.717, 1.165) is 38.4 Å². The van der Waals surface area contributed by atoms with Crippen LogP contribution in [0.3, 0.4) is 0 Å². The zero-order valence-electron chi connectivity index (χ0n) is 10.6. The van der Waals surface area contributed by atoms with E-state index in [9.17, 15) is 0 Å². The van der Waals surface area contributed by atoms with Crippen molar-refractivity contribution in [2.45, 2.75) is 26.2 Å². The largest absolute Gasteiger partial charge is 0.382 e. The molecular formula is C12H26ClNO2. The minimum absolute atomic E-state index is 0.682. The molecule has 0 fully saturated rings. The average Bonchev–Trinajstić information content (AvgIpc) is 2.31. The lowest BCUT2D eigenvalue weighted by Gasteiger charge is -2.14. The molecule has 0 spiro atoms. The summed E-state index contributed by atoms with van der Waals surface area (Å²) in [5, 5.41) is 3.44. The molecule has 0 aromatic heterocycles. The van der Waals surface area contributed by atoms with Gasteiger partial charge in [-0.1, -0.05) is 13.3 Å². The van der Waals surface area contributed by atoms with Gasteiger partial charge >= 0.3 is 0 Å². The van der Waals surface area contributed by atoms with Gasteiger partial charge in [-0.25, -0.2) is 0 Å². The number of nitrogens with one attached hydrogen (secondary N) is 1. The van der Waals surface area contributed by atoms with Gasteiger partial charge in [0.05, 0.1) is 13.2 Å². The van der Waals surface area contributed by atoms with Gasteiger partial charge in [0.2, 0.25) is 0 Å². The smallest absolute Gasteiger partial charge is 0.0700 e. The van der Waals surface area contributed by atoms with Crippen LogP contribution in [0.25, 0.3) is 0 Å². The van der Waals surface area contributed by atoms with E-state index in [-0.39, 0.29) is 0 Å². The first-order valence-corrected chi connectivity index (χ1v) is 6.72. The summed E-state index contributed by atoms with van der Waals surface area (Å²) in [6, 6.07) is 0. The molecule has 3 nitrogen and oxygen atoms in total. The molecule has 0 heterocycles. The van der Waals surface area contributed by atoms with Crippen molar-refractivity contribution in [3.05, 3.63) is 0 Å². The van der Waals surface area contributed by atoms with E-state index >= 15 is 0 Å². The van der Waals surface area contributed by atoms with Crippen LogP contribution in [0.1, 0.15) is 26.2 Å². The number of hydrogen-bond donors (Lipinski definition) is 1. The fraction of sp³-hybridized carbons (Fsp3) is 1.00. The Hall–Kier alpha value is 0.170. The molecule has 1 atom stereocenters. The second-order valence-corrected chi connectivity index (χ2v) is 4.29. The van der Waals surface area contributed by atoms with E-state index in [1.165, 1.54) is 6.42 Å². The first kappa shape index (κ1) is 16.2. The molecule has 98 valence electrons. The third-order valence-corrected chi connectivity index (χ3v) is 2.82. The van der Waals surface area contributed by atoms with Crippen LogP contribution in [-0.2, 0) is 9.47 Å². The van der Waals surface area contributed by atoms with E-state index < -0.39 is 0 Å². The molecule has 0 aromatic rings. The molecule has 0 aliphatic heterocycles. The Balaban J connectivity index is 3.12. The summed E-state index contributed by atoms with van der Waals surface area (Å²) in [6.07, 6.45) is 3.36. The molecular weight excluding hydrogens is 226 g/mol. The predicted molar refractivity (Wildman–Crippen MR) is 69.3 cm³/mol. The van der Waals surface area contributed by atoms with Crippen LogP contribution >= 0.6 is 11.6 Å². The number of alkyl halides is 1. The highest BCUT2D eigenvalue weighted by atomic mass is 35.5. The Morgan fingerprint density at radius 2 is 2.06 bits per heavy atom. The number of hydrogen-bond acceptors (Lipinski definition) is 3. The van der Waals surface area contributed by atoms with Crippen molar-refractivity contribution in [2.75, 3.05) is 45.9 Å². The van der Waals surface area contributed by atoms with E-state index in [4.69, 9.17) is 21.1 Å². The summed E-state index contributed by atoms with van der Waals surface area (Å²) in [6.45, 7) is 6.49. The van der Waals surface area contributed by atoms with E-state index in [1.54, 1.807) is 7.11 Å². The molecule has 4 heteroatoms. The van der Waals surface area contributed by atoms with Crippen LogP contribution in [-0.4, -0.2) is 45.9 Å². The minimum Gasteiger partial charge on any atom is -0.382 e. The number of methoxy groups -OCH3 is 1. The van der Waals surface area contributed by atoms with Gasteiger partial charge in [0.1, 0.15) is 0 Å². The number of rotatable bonds is 12. The summed E-state index contributed by atoms with van der Waals surface area (Å²) in [4.78, 5) is 0. The molecule has 0 bridgehead atoms. The van der Waals surface area contributed by atoms with Gasteiger partial charge in [0, 0.05) is 19.6 Å². The Labute approximate surface area is 105 Å². The van der Waals surface area contributed by atoms with Gasteiger partial charge in [0.15, 0.2) is 0 Å². The standard InChI is InChI=1S/C12H26ClNO2/c1-3-12(5-6-13)11-14-7-4-8-16-10-9-15-2/h12,14H,3-11H2,1-2H3. The second-order valence-electron chi connectivity index (χ2n) is 3.91. The molecule has 0 saturated heterocycles. The topological polar surface area (TPSA) is 30.5 Å². The summed E-state index contributed by atoms with van der Waals surface area (Å²) >= 11 is 5.73. The molecule has 0 aliphatic carbocycles. The monoisotopic (exact) mass is 251 g/mol. The lowest BCUT2D eigenvalue weighted by Crippen LogP contribution is -2.24. The van der Waals surface area contributed by atoms with Crippen molar-refractivity contribution in [3.63, 3.8) is 0 Å². The van der Waals surface area contributed by atoms with E-state index in [2.05, 4.69) is 12.2 Å². The maximum atomic E-state index is 5.73. The number of ether oxygens (including phenoxy) is 2. The Bertz CT molecular complexity index is 136. The van der Waals surface area contributed by atoms with Crippen molar-refractivity contribution < 1.29 is 9.47 Å². The van der Waals surface area contributed by atoms with Crippen LogP contribution in [0.2, 0.25) is 0 Å². The SMILES string of the molecule is CCC(CCCl)CNCCCOCCOC. The highest BCUT2D eigenvalue weighted by Crippen LogP contribution is 2.07. The maximum Gasteiger partial charge on any atom is 0.0700 e. The summed E-state index contributed by atoms with van der Waals surface area (Å²) < 4.78 is 10.3. The van der Waals surface area contributed by atoms with Crippen LogP contribution in [0.15, 0.2) is 0 Å². The van der Waals surface area contributed by atoms with Gasteiger partial charge < -0.3 is 14.8 Å². The highest BCUT2D eigenvalue weighted by molar-refractivity contribution is 6.17. The predicted octanol–water partition coefficient (Wildman–Crippen LogP) is 2.28. The summed E-state index contributed by atoms with van der Waals surface area (Å²) in [5.41, 5.74) is 0. The van der Waals surface area contributed by atoms with E-state index in [0.29, 0.717) is 19.1 Å². The number of halogens is 1. The third kappa shape index (κ3) is 10.7. The molecule has 16 heavy (non-hydrogen) atoms. The third-order valence-electron chi connectivity index (χ3n) is 2.60. The van der Waals surface area contributed by atoms with Crippen LogP contribution in [0, 0.1) is 5.92 Å². The fourth-order valence-electron chi connectivity index (χ4n) is 1.45. The van der Waals surface area contributed by atoms with Gasteiger partial charge in [-0.3, -0.25) is 0 Å². The molecule has 0 radical (unpaired) electrons. The Kier molecular flexibility index (Phi) is 13.4. The molecule has 0 aromatic carbocycles. The van der Waals surface area contributed by atoms with Crippen molar-refractivity contribution in [1.29, 1.82) is 0 Å². The van der Waals surface area contributed by atoms with Gasteiger partial charge in [-0.05, 0) is 31.8 Å². The lowest BCUT2D eigenvalue weighted by molar-refractivity contribution is 0.0694. The van der Waals surface area contributed by atoms with Crippen molar-refractivity contribution in [3.8, 4) is 0 Å². The zero-order valence-corrected chi connectivity index (χ0v) is 11.4. The van der Waals surface area contributed by atoms with Crippen molar-refractivity contribution in [2.24, 2.45) is 5.92 Å². The first-order valence-electron chi connectivity index (χ1n) is 6.18. The van der Waals surface area contributed by atoms with Gasteiger partial charge in [0.25, 0.3) is 0 Å². The fourth-order valence-corrected chi connectivity index (χ4v) is 1.76. The van der Waals surface area contributed by atoms with Gasteiger partial charge in [-0.2, -0.15) is 0 Å². The molecule has 0 saturated carbocycles. The normalized spacial score (nSPS) is 12.9. The van der Waals surface area contributed by atoms with Gasteiger partial charge in [-0.15, -0.1) is 11.6 Å². The Morgan fingerprint density at radius 3 is 2.69 bits per heavy atom. The summed E-state index contributed by atoms with van der Waals surface area (Å²) in [7, 11) is 1.69. The lowest BCUT2D eigenvalue weighted by atomic mass is 10.0. The zero-order chi connectivity index (χ0) is 12.1. The maximum absolute atomic E-state index is 5.73. The van der Waals surface area contributed by atoms with E-state index in [1.807, 2.05) is 0 Å². The first-order chi connectivity index (χ1) is 7.85. The van der Waals surface area contributed by atoms with Crippen molar-refractivity contribution >= 4 is 11.6 Å². The molecule has 0 aliphatic rings. The highest BCUT2D eigenvalue weighted by Gasteiger charge is 2.03. The molecule has 0 amide bonds. The van der Waals surface area contributed by atoms with Crippen LogP contribution in [0.5, 0.6) is 0 Å².